The number of imidazole rings is 1. The Morgan fingerprint density at radius 1 is 1.00 bits per heavy atom. The molecule has 0 aliphatic carbocycles. The number of benzene rings is 2. The molecule has 1 N–H and O–H groups in total. The highest BCUT2D eigenvalue weighted by molar-refractivity contribution is 6.00. The number of H-pyrrole nitrogens is 1. The molecular weight excluding hydrogens is 630 g/mol. The number of carbonyl (C=O) groups excluding carboxylic acids is 3. The first-order valence-corrected chi connectivity index (χ1v) is 16.3. The van der Waals surface area contributed by atoms with Gasteiger partial charge in [-0.25, -0.2) is 9.78 Å². The van der Waals surface area contributed by atoms with Crippen LogP contribution in [0.25, 0.3) is 33.5 Å². The van der Waals surface area contributed by atoms with Crippen molar-refractivity contribution in [3.8, 4) is 22.9 Å². The largest absolute Gasteiger partial charge is 0.454 e. The number of rotatable bonds is 7. The van der Waals surface area contributed by atoms with Gasteiger partial charge < -0.3 is 33.6 Å². The number of para-hydroxylation sites is 1. The predicted octanol–water partition coefficient (Wildman–Crippen LogP) is 2.38. The minimum atomic E-state index is -0.698. The maximum atomic E-state index is 13.8. The van der Waals surface area contributed by atoms with Crippen molar-refractivity contribution in [2.75, 3.05) is 20.4 Å². The van der Waals surface area contributed by atoms with E-state index in [1.165, 1.54) is 21.0 Å². The number of unbranched alkanes of at least 4 members (excludes halogenated alkanes) is 1. The summed E-state index contributed by atoms with van der Waals surface area (Å²) in [5, 5.41) is 0.871. The fourth-order valence-corrected chi connectivity index (χ4v) is 7.62. The lowest BCUT2D eigenvalue weighted by atomic mass is 9.86. The summed E-state index contributed by atoms with van der Waals surface area (Å²) in [6.45, 7) is 1.80. The molecule has 3 aromatic heterocycles. The van der Waals surface area contributed by atoms with Gasteiger partial charge in [-0.2, -0.15) is 0 Å². The van der Waals surface area contributed by atoms with Crippen molar-refractivity contribution in [2.24, 2.45) is 14.1 Å². The van der Waals surface area contributed by atoms with Crippen LogP contribution >= 0.6 is 0 Å². The summed E-state index contributed by atoms with van der Waals surface area (Å²) in [5.41, 5.74) is 3.53. The van der Waals surface area contributed by atoms with Crippen LogP contribution in [0.2, 0.25) is 0 Å². The number of nitrogens with zero attached hydrogens (tertiary/aromatic N) is 6. The number of piperazine rings is 1. The highest BCUT2D eigenvalue weighted by Gasteiger charge is 2.48. The number of carbonyl (C=O) groups is 3. The van der Waals surface area contributed by atoms with Crippen LogP contribution in [0.1, 0.15) is 49.0 Å². The van der Waals surface area contributed by atoms with Gasteiger partial charge in [-0.3, -0.25) is 23.5 Å². The Morgan fingerprint density at radius 3 is 2.59 bits per heavy atom. The molecule has 0 spiro atoms. The lowest BCUT2D eigenvalue weighted by molar-refractivity contribution is -0.157. The first kappa shape index (κ1) is 30.7. The van der Waals surface area contributed by atoms with Crippen LogP contribution in [0, 0.1) is 0 Å². The molecule has 0 saturated carbocycles. The zero-order valence-electron chi connectivity index (χ0n) is 27.6. The monoisotopic (exact) mass is 665 g/mol. The molecule has 2 atom stereocenters. The van der Waals surface area contributed by atoms with Crippen molar-refractivity contribution in [3.05, 3.63) is 74.1 Å². The van der Waals surface area contributed by atoms with Gasteiger partial charge in [0.2, 0.25) is 18.6 Å². The SMILES string of the molecule is CC(=O)CCCCn1c(=O)c2c(nc(-c3cccc4c5c([nH]c34)[C@@H](c3ccc4c(c3)OCO4)N3C(=O)CN(C)C(=O)[C@H]3C5)n2C)n(C)c1=O. The average Bonchev–Trinajstić information content (AvgIpc) is 3.80. The number of amides is 2. The first-order valence-electron chi connectivity index (χ1n) is 16.3. The number of aromatic nitrogens is 5. The quantitative estimate of drug-likeness (QED) is 0.260. The normalized spacial score (nSPS) is 18.4. The summed E-state index contributed by atoms with van der Waals surface area (Å²) in [5.74, 6) is 1.44. The Bertz CT molecular complexity index is 2360. The molecule has 14 nitrogen and oxygen atoms in total. The van der Waals surface area contributed by atoms with Gasteiger partial charge >= 0.3 is 5.69 Å². The van der Waals surface area contributed by atoms with E-state index >= 15 is 0 Å². The van der Waals surface area contributed by atoms with Gasteiger partial charge in [-0.1, -0.05) is 18.2 Å². The molecule has 0 unspecified atom stereocenters. The topological polar surface area (TPSA) is 154 Å². The van der Waals surface area contributed by atoms with E-state index in [1.54, 1.807) is 30.6 Å². The van der Waals surface area contributed by atoms with Gasteiger partial charge in [0.15, 0.2) is 22.7 Å². The summed E-state index contributed by atoms with van der Waals surface area (Å²) >= 11 is 0. The van der Waals surface area contributed by atoms with Gasteiger partial charge in [0.1, 0.15) is 17.6 Å². The number of ketones is 1. The number of Topliss-reactive ketones (excluding diaryl/α,β-unsaturated/α-hetero) is 1. The van der Waals surface area contributed by atoms with Gasteiger partial charge in [0.05, 0.1) is 18.1 Å². The molecule has 8 rings (SSSR count). The fraction of sp³-hybridized carbons (Fsp3) is 0.371. The summed E-state index contributed by atoms with van der Waals surface area (Å²) in [6.07, 6.45) is 1.81. The smallest absolute Gasteiger partial charge is 0.332 e. The Balaban J connectivity index is 1.30. The van der Waals surface area contributed by atoms with Crippen LogP contribution in [0.15, 0.2) is 46.0 Å². The third kappa shape index (κ3) is 4.60. The van der Waals surface area contributed by atoms with Crippen LogP contribution in [-0.4, -0.2) is 77.5 Å². The number of likely N-dealkylation sites (N-methyl/N-ethyl adjacent to an activating group) is 1. The maximum absolute atomic E-state index is 13.8. The van der Waals surface area contributed by atoms with Gasteiger partial charge in [-0.05, 0) is 49.1 Å². The summed E-state index contributed by atoms with van der Waals surface area (Å²) in [6, 6.07) is 10.0. The Kier molecular flexibility index (Phi) is 7.01. The standard InChI is InChI=1S/C35H35N7O7/c1-18(43)8-5-6-13-41-34(46)30-32(40(4)35(41)47)37-31(39(30)3)21-10-7-9-20-22-15-23-33(45)38(2)16-26(44)42(23)29(28(22)36-27(20)21)19-11-12-24-25(14-19)49-17-48-24/h7,9-12,14,23,29,36H,5-6,8,13,15-17H2,1-4H3/t23-,29-/m1/s1. The van der Waals surface area contributed by atoms with E-state index in [0.29, 0.717) is 48.6 Å². The minimum Gasteiger partial charge on any atom is -0.454 e. The zero-order valence-corrected chi connectivity index (χ0v) is 27.6. The summed E-state index contributed by atoms with van der Waals surface area (Å²) in [4.78, 5) is 77.3. The highest BCUT2D eigenvalue weighted by Crippen LogP contribution is 2.46. The number of hydrogen-bond donors (Lipinski definition) is 1. The first-order chi connectivity index (χ1) is 23.5. The molecule has 1 fully saturated rings. The Morgan fingerprint density at radius 2 is 1.80 bits per heavy atom. The lowest BCUT2D eigenvalue weighted by Gasteiger charge is -2.46. The van der Waals surface area contributed by atoms with Crippen molar-refractivity contribution < 1.29 is 23.9 Å². The average molecular weight is 666 g/mol. The molecule has 5 aromatic rings. The van der Waals surface area contributed by atoms with Crippen LogP contribution in [-0.2, 0) is 41.4 Å². The second-order valence-corrected chi connectivity index (χ2v) is 13.1. The van der Waals surface area contributed by atoms with E-state index in [1.807, 2.05) is 36.4 Å². The summed E-state index contributed by atoms with van der Waals surface area (Å²) < 4.78 is 15.5. The molecule has 0 radical (unpaired) electrons. The van der Waals surface area contributed by atoms with Crippen LogP contribution in [0.3, 0.4) is 0 Å². The Hall–Kier alpha value is -5.66. The van der Waals surface area contributed by atoms with Crippen molar-refractivity contribution in [3.63, 3.8) is 0 Å². The number of hydrogen-bond acceptors (Lipinski definition) is 8. The van der Waals surface area contributed by atoms with E-state index in [2.05, 4.69) is 4.98 Å². The molecule has 1 saturated heterocycles. The van der Waals surface area contributed by atoms with E-state index in [0.717, 1.165) is 27.7 Å². The second-order valence-electron chi connectivity index (χ2n) is 13.1. The molecule has 2 amide bonds. The van der Waals surface area contributed by atoms with E-state index in [-0.39, 0.29) is 48.6 Å². The predicted molar refractivity (Wildman–Crippen MR) is 178 cm³/mol. The maximum Gasteiger partial charge on any atom is 0.332 e. The number of aromatic amines is 1. The fourth-order valence-electron chi connectivity index (χ4n) is 7.62. The molecule has 0 bridgehead atoms. The third-order valence-electron chi connectivity index (χ3n) is 10.1. The second kappa shape index (κ2) is 11.2. The van der Waals surface area contributed by atoms with Crippen LogP contribution in [0.5, 0.6) is 11.5 Å². The number of aryl methyl sites for hydroxylation is 2. The molecule has 14 heteroatoms. The van der Waals surface area contributed by atoms with E-state index in [4.69, 9.17) is 14.5 Å². The number of nitrogens with one attached hydrogen (secondary N) is 1. The third-order valence-corrected chi connectivity index (χ3v) is 10.1. The van der Waals surface area contributed by atoms with Gasteiger partial charge in [-0.15, -0.1) is 0 Å². The van der Waals surface area contributed by atoms with Crippen molar-refractivity contribution in [1.29, 1.82) is 0 Å². The molecule has 3 aliphatic heterocycles. The van der Waals surface area contributed by atoms with Crippen molar-refractivity contribution in [2.45, 2.75) is 51.2 Å². The molecular formula is C35H35N7O7. The van der Waals surface area contributed by atoms with Crippen LogP contribution in [0.4, 0.5) is 0 Å². The highest BCUT2D eigenvalue weighted by atomic mass is 16.7. The van der Waals surface area contributed by atoms with E-state index in [9.17, 15) is 24.0 Å². The lowest BCUT2D eigenvalue weighted by Crippen LogP contribution is -2.62. The van der Waals surface area contributed by atoms with E-state index < -0.39 is 23.3 Å². The van der Waals surface area contributed by atoms with Crippen LogP contribution < -0.4 is 20.7 Å². The Labute approximate surface area is 279 Å². The number of fused-ring (bicyclic) bond motifs is 6. The molecule has 3 aliphatic rings. The van der Waals surface area contributed by atoms with Gasteiger partial charge in [0, 0.05) is 57.2 Å². The van der Waals surface area contributed by atoms with Gasteiger partial charge in [0.25, 0.3) is 5.56 Å². The molecule has 2 aromatic carbocycles. The van der Waals surface area contributed by atoms with Crippen molar-refractivity contribution in [1.82, 2.24) is 33.5 Å². The minimum absolute atomic E-state index is 0.0238. The van der Waals surface area contributed by atoms with Crippen molar-refractivity contribution >= 4 is 39.7 Å². The number of ether oxygens (including phenoxy) is 2. The summed E-state index contributed by atoms with van der Waals surface area (Å²) in [7, 11) is 4.99. The molecule has 49 heavy (non-hydrogen) atoms. The molecule has 6 heterocycles. The zero-order chi connectivity index (χ0) is 34.3. The molecule has 252 valence electrons.